The maximum atomic E-state index is 14.0. The minimum absolute atomic E-state index is 0.0908. The second-order valence-corrected chi connectivity index (χ2v) is 10.9. The van der Waals surface area contributed by atoms with Crippen molar-refractivity contribution >= 4 is 27.3 Å². The van der Waals surface area contributed by atoms with Crippen molar-refractivity contribution in [1.82, 2.24) is 9.62 Å². The van der Waals surface area contributed by atoms with Crippen LogP contribution in [0, 0.1) is 18.7 Å². The number of rotatable bonds is 6. The van der Waals surface area contributed by atoms with E-state index in [2.05, 4.69) is 5.32 Å². The Morgan fingerprint density at radius 3 is 2.38 bits per heavy atom. The van der Waals surface area contributed by atoms with E-state index >= 15 is 0 Å². The van der Waals surface area contributed by atoms with Crippen LogP contribution in [-0.4, -0.2) is 31.7 Å². The monoisotopic (exact) mass is 472 g/mol. The van der Waals surface area contributed by atoms with Crippen LogP contribution in [0.3, 0.4) is 0 Å². The number of amides is 1. The quantitative estimate of drug-likeness (QED) is 0.574. The highest BCUT2D eigenvalue weighted by Gasteiger charge is 2.34. The zero-order valence-corrected chi connectivity index (χ0v) is 19.3. The largest absolute Gasteiger partial charge is 0.344 e. The number of nitrogens with one attached hydrogen (secondary N) is 1. The first kappa shape index (κ1) is 22.6. The number of piperidine rings is 1. The van der Waals surface area contributed by atoms with Crippen molar-refractivity contribution in [3.8, 4) is 0 Å². The Morgan fingerprint density at radius 1 is 1.06 bits per heavy atom. The van der Waals surface area contributed by atoms with Gasteiger partial charge in [0.15, 0.2) is 0 Å². The molecule has 0 bridgehead atoms. The summed E-state index contributed by atoms with van der Waals surface area (Å²) in [6.07, 6.45) is 0.787. The normalized spacial score (nSPS) is 16.6. The molecule has 2 heterocycles. The lowest BCUT2D eigenvalue weighted by Crippen LogP contribution is -2.43. The molecule has 5 nitrogen and oxygen atoms in total. The number of carbonyl (C=O) groups is 1. The second-order valence-electron chi connectivity index (χ2n) is 7.98. The maximum absolute atomic E-state index is 14.0. The van der Waals surface area contributed by atoms with Gasteiger partial charge in [-0.2, -0.15) is 4.31 Å². The van der Waals surface area contributed by atoms with E-state index in [9.17, 15) is 17.6 Å². The highest BCUT2D eigenvalue weighted by molar-refractivity contribution is 7.89. The van der Waals surface area contributed by atoms with Crippen LogP contribution < -0.4 is 5.32 Å². The van der Waals surface area contributed by atoms with Gasteiger partial charge in [0, 0.05) is 23.9 Å². The van der Waals surface area contributed by atoms with Gasteiger partial charge in [0.1, 0.15) is 10.7 Å². The van der Waals surface area contributed by atoms with E-state index in [1.165, 1.54) is 22.5 Å². The van der Waals surface area contributed by atoms with Crippen molar-refractivity contribution in [3.63, 3.8) is 0 Å². The minimum Gasteiger partial charge on any atom is -0.344 e. The summed E-state index contributed by atoms with van der Waals surface area (Å²) in [6, 6.07) is 17.2. The van der Waals surface area contributed by atoms with E-state index in [4.69, 9.17) is 0 Å². The predicted molar refractivity (Wildman–Crippen MR) is 123 cm³/mol. The highest BCUT2D eigenvalue weighted by Crippen LogP contribution is 2.29. The van der Waals surface area contributed by atoms with Crippen LogP contribution in [0.4, 0.5) is 4.39 Å². The third-order valence-corrected chi connectivity index (χ3v) is 8.67. The zero-order valence-electron chi connectivity index (χ0n) is 17.7. The van der Waals surface area contributed by atoms with Crippen molar-refractivity contribution in [2.24, 2.45) is 5.92 Å². The predicted octanol–water partition coefficient (Wildman–Crippen LogP) is 4.50. The summed E-state index contributed by atoms with van der Waals surface area (Å²) >= 11 is 1.58. The Labute approximate surface area is 191 Å². The summed E-state index contributed by atoms with van der Waals surface area (Å²) in [5.41, 5.74) is 2.15. The van der Waals surface area contributed by atoms with Crippen molar-refractivity contribution in [2.45, 2.75) is 30.7 Å². The minimum atomic E-state index is -3.92. The fraction of sp³-hybridized carbons (Fsp3) is 0.292. The number of carbonyl (C=O) groups excluding carboxylic acids is 1. The lowest BCUT2D eigenvalue weighted by Gasteiger charge is -2.31. The van der Waals surface area contributed by atoms with Crippen molar-refractivity contribution < 1.29 is 17.6 Å². The number of nitrogens with zero attached hydrogens (tertiary/aromatic N) is 1. The molecule has 0 aliphatic carbocycles. The van der Waals surface area contributed by atoms with Gasteiger partial charge in [-0.25, -0.2) is 12.8 Å². The molecule has 1 aliphatic heterocycles. The number of hydrogen-bond donors (Lipinski definition) is 1. The number of sulfonamides is 1. The number of benzene rings is 2. The van der Waals surface area contributed by atoms with Gasteiger partial charge in [0.2, 0.25) is 15.9 Å². The maximum Gasteiger partial charge on any atom is 0.245 e. The van der Waals surface area contributed by atoms with Gasteiger partial charge in [-0.05, 0) is 48.9 Å². The third-order valence-electron chi connectivity index (χ3n) is 5.80. The van der Waals surface area contributed by atoms with E-state index in [-0.39, 0.29) is 35.9 Å². The first-order chi connectivity index (χ1) is 15.4. The van der Waals surface area contributed by atoms with E-state index in [1.807, 2.05) is 48.7 Å². The standard InChI is InChI=1S/C24H25FN2O3S2/c1-17-8-10-18(11-9-17)23(21-6-4-16-31-21)26-24(28)19-12-14-27(15-13-19)32(29,30)22-7-3-2-5-20(22)25/h2-11,16,19,23H,12-15H2,1H3,(H,26,28)/t23-/m1/s1. The molecule has 32 heavy (non-hydrogen) atoms. The summed E-state index contributed by atoms with van der Waals surface area (Å²) in [4.78, 5) is 13.8. The van der Waals surface area contributed by atoms with E-state index in [1.54, 1.807) is 11.3 Å². The summed E-state index contributed by atoms with van der Waals surface area (Å²) in [6.45, 7) is 2.39. The number of thiophene rings is 1. The Kier molecular flexibility index (Phi) is 6.74. The third kappa shape index (κ3) is 4.77. The summed E-state index contributed by atoms with van der Waals surface area (Å²) in [5, 5.41) is 5.14. The molecule has 1 aromatic heterocycles. The molecule has 0 spiro atoms. The first-order valence-electron chi connectivity index (χ1n) is 10.5. The number of hydrogen-bond acceptors (Lipinski definition) is 4. The lowest BCUT2D eigenvalue weighted by atomic mass is 9.95. The molecule has 8 heteroatoms. The second kappa shape index (κ2) is 9.52. The lowest BCUT2D eigenvalue weighted by molar-refractivity contribution is -0.126. The van der Waals surface area contributed by atoms with E-state index in [0.717, 1.165) is 22.1 Å². The molecule has 0 unspecified atom stereocenters. The topological polar surface area (TPSA) is 66.5 Å². The average molecular weight is 473 g/mol. The molecule has 4 rings (SSSR count). The molecule has 1 fully saturated rings. The van der Waals surface area contributed by atoms with Crippen molar-refractivity contribution in [2.75, 3.05) is 13.1 Å². The van der Waals surface area contributed by atoms with Crippen LogP contribution in [0.1, 0.15) is 34.9 Å². The van der Waals surface area contributed by atoms with Crippen molar-refractivity contribution in [3.05, 3.63) is 87.9 Å². The average Bonchev–Trinajstić information content (AvgIpc) is 3.33. The molecule has 0 radical (unpaired) electrons. The van der Waals surface area contributed by atoms with Gasteiger partial charge in [-0.1, -0.05) is 48.0 Å². The molecule has 3 aromatic rings. The zero-order chi connectivity index (χ0) is 22.7. The van der Waals surface area contributed by atoms with Gasteiger partial charge in [0.05, 0.1) is 6.04 Å². The molecule has 1 atom stereocenters. The van der Waals surface area contributed by atoms with Crippen LogP contribution in [-0.2, 0) is 14.8 Å². The van der Waals surface area contributed by atoms with E-state index < -0.39 is 15.8 Å². The Hall–Kier alpha value is -2.55. The molecule has 1 aliphatic rings. The summed E-state index contributed by atoms with van der Waals surface area (Å²) in [5.74, 6) is -1.15. The number of aryl methyl sites for hydroxylation is 1. The van der Waals surface area contributed by atoms with Crippen LogP contribution in [0.5, 0.6) is 0 Å². The Balaban J connectivity index is 1.44. The Morgan fingerprint density at radius 2 is 1.75 bits per heavy atom. The molecule has 1 amide bonds. The van der Waals surface area contributed by atoms with Crippen molar-refractivity contribution in [1.29, 1.82) is 0 Å². The molecular weight excluding hydrogens is 447 g/mol. The Bertz CT molecular complexity index is 1170. The summed E-state index contributed by atoms with van der Waals surface area (Å²) in [7, 11) is -3.92. The molecule has 2 aromatic carbocycles. The smallest absolute Gasteiger partial charge is 0.245 e. The van der Waals surface area contributed by atoms with E-state index in [0.29, 0.717) is 12.8 Å². The van der Waals surface area contributed by atoms with Crippen LogP contribution in [0.2, 0.25) is 0 Å². The van der Waals surface area contributed by atoms with Crippen LogP contribution >= 0.6 is 11.3 Å². The van der Waals surface area contributed by atoms with Gasteiger partial charge < -0.3 is 5.32 Å². The fourth-order valence-electron chi connectivity index (χ4n) is 3.94. The summed E-state index contributed by atoms with van der Waals surface area (Å²) < 4.78 is 40.9. The molecule has 168 valence electrons. The molecule has 1 saturated heterocycles. The first-order valence-corrected chi connectivity index (χ1v) is 12.8. The molecule has 0 saturated carbocycles. The van der Waals surface area contributed by atoms with Gasteiger partial charge in [-0.3, -0.25) is 4.79 Å². The number of halogens is 1. The fourth-order valence-corrected chi connectivity index (χ4v) is 6.28. The molecule has 1 N–H and O–H groups in total. The molecular formula is C24H25FN2O3S2. The highest BCUT2D eigenvalue weighted by atomic mass is 32.2. The van der Waals surface area contributed by atoms with Crippen LogP contribution in [0.15, 0.2) is 70.9 Å². The SMILES string of the molecule is Cc1ccc([C@@H](NC(=O)C2CCN(S(=O)(=O)c3ccccc3F)CC2)c2cccs2)cc1. The van der Waals surface area contributed by atoms with Gasteiger partial charge >= 0.3 is 0 Å². The van der Waals surface area contributed by atoms with Gasteiger partial charge in [-0.15, -0.1) is 11.3 Å². The van der Waals surface area contributed by atoms with Gasteiger partial charge in [0.25, 0.3) is 0 Å². The van der Waals surface area contributed by atoms with Crippen LogP contribution in [0.25, 0.3) is 0 Å².